The van der Waals surface area contributed by atoms with E-state index in [2.05, 4.69) is 13.8 Å². The number of hydrogen-bond donors (Lipinski definition) is 0. The Hall–Kier alpha value is -0.570. The Balaban J connectivity index is 3.14. The van der Waals surface area contributed by atoms with Crippen molar-refractivity contribution in [1.29, 1.82) is 0 Å². The Bertz CT molecular complexity index is 591. The van der Waals surface area contributed by atoms with Crippen molar-refractivity contribution in [3.05, 3.63) is 0 Å². The van der Waals surface area contributed by atoms with Crippen molar-refractivity contribution >= 4 is 5.97 Å². The molecule has 0 aromatic heterocycles. The van der Waals surface area contributed by atoms with E-state index in [0.717, 1.165) is 25.9 Å². The summed E-state index contributed by atoms with van der Waals surface area (Å²) in [6.45, 7) is 6.35. The molecule has 0 saturated heterocycles. The highest BCUT2D eigenvalue weighted by Gasteiger charge is 2.03. The molecule has 0 spiro atoms. The Morgan fingerprint density at radius 1 is 0.286 bits per heavy atom. The van der Waals surface area contributed by atoms with Crippen molar-refractivity contribution in [2.24, 2.45) is 0 Å². The number of carbonyl (C=O) groups excluding carboxylic acids is 1. The van der Waals surface area contributed by atoms with E-state index in [4.69, 9.17) is 9.47 Å². The van der Waals surface area contributed by atoms with Crippen LogP contribution < -0.4 is 0 Å². The molecule has 0 aliphatic rings. The number of rotatable bonds is 44. The molecule has 0 aliphatic heterocycles. The van der Waals surface area contributed by atoms with Crippen LogP contribution in [-0.4, -0.2) is 25.8 Å². The molecule has 294 valence electrons. The molecule has 0 heterocycles. The quantitative estimate of drug-likeness (QED) is 0.0471. The molecular formula is C46H92O3. The van der Waals surface area contributed by atoms with Gasteiger partial charge in [-0.3, -0.25) is 4.79 Å². The molecule has 0 rings (SSSR count). The summed E-state index contributed by atoms with van der Waals surface area (Å²) in [5.41, 5.74) is 0. The molecule has 0 aliphatic carbocycles. The summed E-state index contributed by atoms with van der Waals surface area (Å²) < 4.78 is 11.1. The van der Waals surface area contributed by atoms with Crippen LogP contribution in [0.2, 0.25) is 0 Å². The first kappa shape index (κ1) is 48.4. The van der Waals surface area contributed by atoms with Gasteiger partial charge in [-0.2, -0.15) is 0 Å². The van der Waals surface area contributed by atoms with Gasteiger partial charge in [-0.25, -0.2) is 0 Å². The fraction of sp³-hybridized carbons (Fsp3) is 0.978. The van der Waals surface area contributed by atoms with E-state index in [1.54, 1.807) is 0 Å². The van der Waals surface area contributed by atoms with E-state index >= 15 is 0 Å². The highest BCUT2D eigenvalue weighted by Crippen LogP contribution is 2.16. The Morgan fingerprint density at radius 3 is 0.816 bits per heavy atom. The van der Waals surface area contributed by atoms with E-state index < -0.39 is 0 Å². The molecule has 3 heteroatoms. The highest BCUT2D eigenvalue weighted by atomic mass is 16.6. The lowest BCUT2D eigenvalue weighted by molar-refractivity contribution is -0.145. The van der Waals surface area contributed by atoms with Gasteiger partial charge < -0.3 is 9.47 Å². The van der Waals surface area contributed by atoms with Crippen LogP contribution in [0, 0.1) is 0 Å². The summed E-state index contributed by atoms with van der Waals surface area (Å²) >= 11 is 0. The molecule has 0 atom stereocenters. The van der Waals surface area contributed by atoms with Gasteiger partial charge in [0.05, 0.1) is 6.61 Å². The average Bonchev–Trinajstić information content (AvgIpc) is 3.11. The molecule has 0 unspecified atom stereocenters. The van der Waals surface area contributed by atoms with E-state index in [0.29, 0.717) is 19.6 Å². The smallest absolute Gasteiger partial charge is 0.305 e. The minimum absolute atomic E-state index is 0.0469. The average molecular weight is 693 g/mol. The van der Waals surface area contributed by atoms with E-state index in [-0.39, 0.29) is 5.97 Å². The summed E-state index contributed by atoms with van der Waals surface area (Å²) in [6.07, 6.45) is 54.8. The van der Waals surface area contributed by atoms with Crippen molar-refractivity contribution in [2.75, 3.05) is 19.8 Å². The zero-order chi connectivity index (χ0) is 35.4. The number of hydrogen-bond acceptors (Lipinski definition) is 3. The normalized spacial score (nSPS) is 11.5. The van der Waals surface area contributed by atoms with Crippen LogP contribution in [0.3, 0.4) is 0 Å². The summed E-state index contributed by atoms with van der Waals surface area (Å²) in [6, 6.07) is 0. The summed E-state index contributed by atoms with van der Waals surface area (Å²) in [5, 5.41) is 0. The molecule has 0 radical (unpaired) electrons. The Kier molecular flexibility index (Phi) is 44.9. The highest BCUT2D eigenvalue weighted by molar-refractivity contribution is 5.69. The zero-order valence-electron chi connectivity index (χ0n) is 34.1. The zero-order valence-corrected chi connectivity index (χ0v) is 34.1. The van der Waals surface area contributed by atoms with Crippen molar-refractivity contribution in [1.82, 2.24) is 0 Å². The summed E-state index contributed by atoms with van der Waals surface area (Å²) in [4.78, 5) is 12.0. The summed E-state index contributed by atoms with van der Waals surface area (Å²) in [7, 11) is 0. The molecular weight excluding hydrogens is 601 g/mol. The fourth-order valence-electron chi connectivity index (χ4n) is 7.20. The van der Waals surface area contributed by atoms with Crippen LogP contribution in [0.15, 0.2) is 0 Å². The van der Waals surface area contributed by atoms with Crippen LogP contribution in [0.5, 0.6) is 0 Å². The largest absolute Gasteiger partial charge is 0.463 e. The van der Waals surface area contributed by atoms with Gasteiger partial charge in [0, 0.05) is 13.0 Å². The topological polar surface area (TPSA) is 35.5 Å². The van der Waals surface area contributed by atoms with Crippen LogP contribution in [0.4, 0.5) is 0 Å². The summed E-state index contributed by atoms with van der Waals surface area (Å²) in [5.74, 6) is -0.0469. The van der Waals surface area contributed by atoms with Gasteiger partial charge in [0.25, 0.3) is 0 Å². The number of esters is 1. The van der Waals surface area contributed by atoms with Gasteiger partial charge in [-0.05, 0) is 12.8 Å². The lowest BCUT2D eigenvalue weighted by Crippen LogP contribution is -2.10. The number of unbranched alkanes of at least 4 members (excludes halogenated alkanes) is 37. The van der Waals surface area contributed by atoms with Crippen molar-refractivity contribution in [3.8, 4) is 0 Å². The number of ether oxygens (including phenoxy) is 2. The Morgan fingerprint density at radius 2 is 0.531 bits per heavy atom. The van der Waals surface area contributed by atoms with Gasteiger partial charge >= 0.3 is 5.97 Å². The maximum Gasteiger partial charge on any atom is 0.305 e. The van der Waals surface area contributed by atoms with Gasteiger partial charge in [0.15, 0.2) is 0 Å². The third kappa shape index (κ3) is 45.4. The molecule has 0 aromatic carbocycles. The second-order valence-corrected chi connectivity index (χ2v) is 15.7. The van der Waals surface area contributed by atoms with Crippen molar-refractivity contribution in [2.45, 2.75) is 271 Å². The maximum atomic E-state index is 12.0. The third-order valence-electron chi connectivity index (χ3n) is 10.6. The van der Waals surface area contributed by atoms with Crippen molar-refractivity contribution in [3.63, 3.8) is 0 Å². The van der Waals surface area contributed by atoms with E-state index in [9.17, 15) is 4.79 Å². The predicted molar refractivity (Wildman–Crippen MR) is 218 cm³/mol. The first-order chi connectivity index (χ1) is 24.3. The van der Waals surface area contributed by atoms with Gasteiger partial charge in [-0.15, -0.1) is 0 Å². The predicted octanol–water partition coefficient (Wildman–Crippen LogP) is 16.2. The molecule has 0 amide bonds. The molecule has 0 fully saturated rings. The fourth-order valence-corrected chi connectivity index (χ4v) is 7.20. The van der Waals surface area contributed by atoms with E-state index in [1.165, 1.54) is 231 Å². The van der Waals surface area contributed by atoms with Crippen LogP contribution in [0.1, 0.15) is 271 Å². The molecule has 49 heavy (non-hydrogen) atoms. The molecule has 3 nitrogen and oxygen atoms in total. The van der Waals surface area contributed by atoms with Crippen LogP contribution >= 0.6 is 0 Å². The monoisotopic (exact) mass is 693 g/mol. The SMILES string of the molecule is CCCCCCCCCCCCCCCCCCCCCCOCCOC(=O)CCCCCCCCCCCCCCCCCCCCC. The van der Waals surface area contributed by atoms with Gasteiger partial charge in [-0.1, -0.05) is 251 Å². The van der Waals surface area contributed by atoms with Crippen LogP contribution in [-0.2, 0) is 14.3 Å². The van der Waals surface area contributed by atoms with Crippen LogP contribution in [0.25, 0.3) is 0 Å². The minimum Gasteiger partial charge on any atom is -0.463 e. The molecule has 0 N–H and O–H groups in total. The van der Waals surface area contributed by atoms with Crippen molar-refractivity contribution < 1.29 is 14.3 Å². The second-order valence-electron chi connectivity index (χ2n) is 15.7. The molecule has 0 aromatic rings. The number of carbonyl (C=O) groups is 1. The lowest BCUT2D eigenvalue weighted by Gasteiger charge is -2.07. The standard InChI is InChI=1S/C46H92O3/c1-3-5-7-9-11-13-15-17-19-21-23-25-27-29-31-33-35-37-39-41-43-48-44-45-49-46(47)42-40-38-36-34-32-30-28-26-24-22-20-18-16-14-12-10-8-6-4-2/h3-45H2,1-2H3. The molecule has 0 bridgehead atoms. The van der Waals surface area contributed by atoms with Gasteiger partial charge in [0.2, 0.25) is 0 Å². The first-order valence-corrected chi connectivity index (χ1v) is 23.0. The lowest BCUT2D eigenvalue weighted by atomic mass is 10.0. The second kappa shape index (κ2) is 45.5. The van der Waals surface area contributed by atoms with E-state index in [1.807, 2.05) is 0 Å². The van der Waals surface area contributed by atoms with Gasteiger partial charge in [0.1, 0.15) is 6.61 Å². The minimum atomic E-state index is -0.0469. The molecule has 0 saturated carbocycles. The maximum absolute atomic E-state index is 12.0. The Labute approximate surface area is 310 Å². The first-order valence-electron chi connectivity index (χ1n) is 23.0. The third-order valence-corrected chi connectivity index (χ3v) is 10.6.